The Morgan fingerprint density at radius 1 is 0.976 bits per heavy atom. The minimum atomic E-state index is -0.149. The molecule has 0 unspecified atom stereocenters. The molecule has 0 atom stereocenters. The van der Waals surface area contributed by atoms with Crippen molar-refractivity contribution in [1.82, 2.24) is 19.8 Å². The SMILES string of the molecule is Cc1ccc(C)c(OCC(=O)NCCCc2nc3ccccc3n2CC(=O)N(Cc2ccccc2)C2CCCCC2)c1. The normalized spacial score (nSPS) is 13.7. The van der Waals surface area contributed by atoms with Gasteiger partial charge in [-0.3, -0.25) is 9.59 Å². The van der Waals surface area contributed by atoms with E-state index in [1.807, 2.05) is 74.5 Å². The highest BCUT2D eigenvalue weighted by molar-refractivity contribution is 5.81. The van der Waals surface area contributed by atoms with Crippen LogP contribution in [0.3, 0.4) is 0 Å². The van der Waals surface area contributed by atoms with Crippen LogP contribution in [0, 0.1) is 13.8 Å². The number of hydrogen-bond acceptors (Lipinski definition) is 4. The molecule has 0 radical (unpaired) electrons. The average Bonchev–Trinajstić information content (AvgIpc) is 3.36. The highest BCUT2D eigenvalue weighted by Gasteiger charge is 2.27. The molecule has 1 aromatic heterocycles. The van der Waals surface area contributed by atoms with Crippen LogP contribution in [0.4, 0.5) is 0 Å². The van der Waals surface area contributed by atoms with Gasteiger partial charge in [0, 0.05) is 25.6 Å². The lowest BCUT2D eigenvalue weighted by molar-refractivity contribution is -0.135. The molecule has 5 rings (SSSR count). The van der Waals surface area contributed by atoms with Gasteiger partial charge in [0.15, 0.2) is 6.61 Å². The van der Waals surface area contributed by atoms with Gasteiger partial charge in [-0.25, -0.2) is 4.98 Å². The molecule has 0 saturated heterocycles. The Kier molecular flexibility index (Phi) is 9.90. The van der Waals surface area contributed by atoms with E-state index in [4.69, 9.17) is 9.72 Å². The molecular formula is C35H42N4O3. The molecule has 1 fully saturated rings. The number of imidazole rings is 1. The predicted octanol–water partition coefficient (Wildman–Crippen LogP) is 6.14. The molecule has 42 heavy (non-hydrogen) atoms. The molecule has 1 N–H and O–H groups in total. The number of nitrogens with zero attached hydrogens (tertiary/aromatic N) is 3. The van der Waals surface area contributed by atoms with Crippen molar-refractivity contribution in [2.24, 2.45) is 0 Å². The van der Waals surface area contributed by atoms with Crippen molar-refractivity contribution in [3.63, 3.8) is 0 Å². The molecule has 0 bridgehead atoms. The van der Waals surface area contributed by atoms with Crippen molar-refractivity contribution < 1.29 is 14.3 Å². The highest BCUT2D eigenvalue weighted by Crippen LogP contribution is 2.26. The number of benzene rings is 3. The molecule has 1 aliphatic carbocycles. The van der Waals surface area contributed by atoms with Crippen LogP contribution in [0.5, 0.6) is 5.75 Å². The van der Waals surface area contributed by atoms with Gasteiger partial charge in [0.25, 0.3) is 5.91 Å². The van der Waals surface area contributed by atoms with Gasteiger partial charge in [0.1, 0.15) is 18.1 Å². The Balaban J connectivity index is 1.23. The third-order valence-electron chi connectivity index (χ3n) is 8.16. The predicted molar refractivity (Wildman–Crippen MR) is 166 cm³/mol. The standard InChI is InChI=1S/C35H42N4O3/c1-26-19-20-27(2)32(22-26)42-25-34(40)36-21-11-18-33-37-30-16-9-10-17-31(30)39(33)24-35(41)38(29-14-7-4-8-15-29)23-28-12-5-3-6-13-28/h3,5-6,9-10,12-13,16-17,19-20,22,29H,4,7-8,11,14-15,18,21,23-25H2,1-2H3,(H,36,40). The second-order valence-corrected chi connectivity index (χ2v) is 11.4. The number of rotatable bonds is 12. The number of carbonyl (C=O) groups is 2. The first-order valence-electron chi connectivity index (χ1n) is 15.2. The van der Waals surface area contributed by atoms with Crippen molar-refractivity contribution >= 4 is 22.8 Å². The second kappa shape index (κ2) is 14.2. The van der Waals surface area contributed by atoms with Crippen LogP contribution in [0.2, 0.25) is 0 Å². The van der Waals surface area contributed by atoms with Gasteiger partial charge < -0.3 is 19.5 Å². The van der Waals surface area contributed by atoms with Crippen molar-refractivity contribution in [3.05, 3.63) is 95.3 Å². The molecule has 2 amide bonds. The van der Waals surface area contributed by atoms with E-state index in [2.05, 4.69) is 26.9 Å². The smallest absolute Gasteiger partial charge is 0.257 e. The van der Waals surface area contributed by atoms with Crippen molar-refractivity contribution in [2.75, 3.05) is 13.2 Å². The summed E-state index contributed by atoms with van der Waals surface area (Å²) in [7, 11) is 0. The summed E-state index contributed by atoms with van der Waals surface area (Å²) in [5.74, 6) is 1.59. The average molecular weight is 567 g/mol. The van der Waals surface area contributed by atoms with Crippen LogP contribution < -0.4 is 10.1 Å². The lowest BCUT2D eigenvalue weighted by Crippen LogP contribution is -2.42. The largest absolute Gasteiger partial charge is 0.483 e. The fourth-order valence-electron chi connectivity index (χ4n) is 5.84. The first-order valence-corrected chi connectivity index (χ1v) is 15.2. The van der Waals surface area contributed by atoms with Gasteiger partial charge in [-0.2, -0.15) is 0 Å². The maximum absolute atomic E-state index is 14.0. The van der Waals surface area contributed by atoms with E-state index in [1.54, 1.807) is 0 Å². The first-order chi connectivity index (χ1) is 20.5. The third kappa shape index (κ3) is 7.58. The highest BCUT2D eigenvalue weighted by atomic mass is 16.5. The zero-order chi connectivity index (χ0) is 29.3. The summed E-state index contributed by atoms with van der Waals surface area (Å²) in [6.07, 6.45) is 7.07. The van der Waals surface area contributed by atoms with Gasteiger partial charge in [0.05, 0.1) is 11.0 Å². The van der Waals surface area contributed by atoms with Crippen LogP contribution >= 0.6 is 0 Å². The Hall–Kier alpha value is -4.13. The molecule has 3 aromatic carbocycles. The minimum absolute atomic E-state index is 0.0181. The fourth-order valence-corrected chi connectivity index (χ4v) is 5.84. The summed E-state index contributed by atoms with van der Waals surface area (Å²) in [4.78, 5) is 33.4. The molecule has 4 aromatic rings. The molecule has 0 spiro atoms. The van der Waals surface area contributed by atoms with Crippen LogP contribution in [-0.2, 0) is 29.1 Å². The van der Waals surface area contributed by atoms with E-state index in [0.29, 0.717) is 25.9 Å². The maximum Gasteiger partial charge on any atom is 0.257 e. The Labute approximate surface area is 248 Å². The van der Waals surface area contributed by atoms with Crippen LogP contribution in [0.1, 0.15) is 61.0 Å². The van der Waals surface area contributed by atoms with Gasteiger partial charge in [-0.1, -0.05) is 73.9 Å². The molecule has 1 saturated carbocycles. The van der Waals surface area contributed by atoms with Crippen molar-refractivity contribution in [1.29, 1.82) is 0 Å². The number of hydrogen-bond donors (Lipinski definition) is 1. The summed E-state index contributed by atoms with van der Waals surface area (Å²) in [6.45, 7) is 5.35. The third-order valence-corrected chi connectivity index (χ3v) is 8.16. The zero-order valence-corrected chi connectivity index (χ0v) is 24.9. The summed E-state index contributed by atoms with van der Waals surface area (Å²) < 4.78 is 7.82. The van der Waals surface area contributed by atoms with E-state index in [-0.39, 0.29) is 31.0 Å². The number of para-hydroxylation sites is 2. The second-order valence-electron chi connectivity index (χ2n) is 11.4. The maximum atomic E-state index is 14.0. The molecular weight excluding hydrogens is 524 g/mol. The van der Waals surface area contributed by atoms with Gasteiger partial charge in [-0.05, 0) is 68.0 Å². The number of fused-ring (bicyclic) bond motifs is 1. The van der Waals surface area contributed by atoms with E-state index in [1.165, 1.54) is 19.3 Å². The monoisotopic (exact) mass is 566 g/mol. The quantitative estimate of drug-likeness (QED) is 0.209. The summed E-state index contributed by atoms with van der Waals surface area (Å²) in [6, 6.07) is 24.5. The molecule has 1 heterocycles. The van der Waals surface area contributed by atoms with E-state index < -0.39 is 0 Å². The van der Waals surface area contributed by atoms with E-state index >= 15 is 0 Å². The van der Waals surface area contributed by atoms with Gasteiger partial charge in [-0.15, -0.1) is 0 Å². The summed E-state index contributed by atoms with van der Waals surface area (Å²) in [5, 5.41) is 2.96. The van der Waals surface area contributed by atoms with Gasteiger partial charge >= 0.3 is 0 Å². The summed E-state index contributed by atoms with van der Waals surface area (Å²) >= 11 is 0. The number of amides is 2. The first kappa shape index (κ1) is 29.4. The number of aryl methyl sites for hydroxylation is 3. The molecule has 220 valence electrons. The minimum Gasteiger partial charge on any atom is -0.483 e. The molecule has 1 aliphatic rings. The number of aromatic nitrogens is 2. The molecule has 7 heteroatoms. The van der Waals surface area contributed by atoms with Crippen LogP contribution in [0.25, 0.3) is 11.0 Å². The fraction of sp³-hybridized carbons (Fsp3) is 0.400. The Morgan fingerprint density at radius 2 is 1.74 bits per heavy atom. The zero-order valence-electron chi connectivity index (χ0n) is 24.9. The lowest BCUT2D eigenvalue weighted by atomic mass is 9.93. The van der Waals surface area contributed by atoms with Gasteiger partial charge in [0.2, 0.25) is 5.91 Å². The van der Waals surface area contributed by atoms with Crippen LogP contribution in [0.15, 0.2) is 72.8 Å². The van der Waals surface area contributed by atoms with E-state index in [0.717, 1.165) is 52.1 Å². The molecule has 7 nitrogen and oxygen atoms in total. The van der Waals surface area contributed by atoms with Crippen LogP contribution in [-0.4, -0.2) is 45.5 Å². The van der Waals surface area contributed by atoms with E-state index in [9.17, 15) is 9.59 Å². The topological polar surface area (TPSA) is 76.5 Å². The Morgan fingerprint density at radius 3 is 2.55 bits per heavy atom. The summed E-state index contributed by atoms with van der Waals surface area (Å²) in [5.41, 5.74) is 5.12. The number of nitrogens with one attached hydrogen (secondary N) is 1. The number of ether oxygens (including phenoxy) is 1. The molecule has 0 aliphatic heterocycles. The lowest BCUT2D eigenvalue weighted by Gasteiger charge is -2.35. The Bertz CT molecular complexity index is 1490. The van der Waals surface area contributed by atoms with Crippen molar-refractivity contribution in [3.8, 4) is 5.75 Å². The number of carbonyl (C=O) groups excluding carboxylic acids is 2. The van der Waals surface area contributed by atoms with Crippen molar-refractivity contribution in [2.45, 2.75) is 77.9 Å².